The van der Waals surface area contributed by atoms with Crippen molar-refractivity contribution >= 4 is 17.6 Å². The van der Waals surface area contributed by atoms with Gasteiger partial charge in [-0.25, -0.2) is 0 Å². The first-order chi connectivity index (χ1) is 12.2. The number of alkyl halides is 3. The molecule has 10 heteroatoms. The SMILES string of the molecule is COC(=O)C[C@@H]1CN(CC(=O)Nc2ccc(OC(F)(F)F)cc2)CCO1. The highest BCUT2D eigenvalue weighted by molar-refractivity contribution is 5.92. The minimum absolute atomic E-state index is 0.0713. The second kappa shape index (κ2) is 8.86. The van der Waals surface area contributed by atoms with Crippen LogP contribution in [0.2, 0.25) is 0 Å². The van der Waals surface area contributed by atoms with Gasteiger partial charge in [0.1, 0.15) is 5.75 Å². The van der Waals surface area contributed by atoms with Crippen LogP contribution in [0.5, 0.6) is 5.75 Å². The maximum absolute atomic E-state index is 12.1. The van der Waals surface area contributed by atoms with Crippen molar-refractivity contribution < 1.29 is 37.0 Å². The van der Waals surface area contributed by atoms with Crippen molar-refractivity contribution in [2.75, 3.05) is 38.7 Å². The lowest BCUT2D eigenvalue weighted by Crippen LogP contribution is -2.46. The van der Waals surface area contributed by atoms with E-state index < -0.39 is 6.36 Å². The van der Waals surface area contributed by atoms with Gasteiger partial charge in [-0.1, -0.05) is 0 Å². The molecule has 0 spiro atoms. The number of hydrogen-bond donors (Lipinski definition) is 1. The van der Waals surface area contributed by atoms with Gasteiger partial charge in [0.05, 0.1) is 32.8 Å². The fraction of sp³-hybridized carbons (Fsp3) is 0.500. The van der Waals surface area contributed by atoms with Crippen LogP contribution in [-0.2, 0) is 19.1 Å². The molecule has 0 aromatic heterocycles. The number of hydrogen-bond acceptors (Lipinski definition) is 6. The smallest absolute Gasteiger partial charge is 0.469 e. The minimum atomic E-state index is -4.76. The second-order valence-corrected chi connectivity index (χ2v) is 5.63. The van der Waals surface area contributed by atoms with E-state index in [9.17, 15) is 22.8 Å². The van der Waals surface area contributed by atoms with E-state index in [2.05, 4.69) is 14.8 Å². The van der Waals surface area contributed by atoms with Gasteiger partial charge in [-0.05, 0) is 24.3 Å². The molecule has 1 aromatic rings. The molecule has 1 aliphatic heterocycles. The van der Waals surface area contributed by atoms with Gasteiger partial charge in [0.2, 0.25) is 5.91 Å². The van der Waals surface area contributed by atoms with Gasteiger partial charge in [0, 0.05) is 18.8 Å². The fourth-order valence-electron chi connectivity index (χ4n) is 2.46. The Morgan fingerprint density at radius 3 is 2.62 bits per heavy atom. The molecule has 1 saturated heterocycles. The van der Waals surface area contributed by atoms with Gasteiger partial charge >= 0.3 is 12.3 Å². The first kappa shape index (κ1) is 20.0. The van der Waals surface area contributed by atoms with Crippen molar-refractivity contribution in [1.82, 2.24) is 4.90 Å². The Kier molecular flexibility index (Phi) is 6.81. The number of carbonyl (C=O) groups excluding carboxylic acids is 2. The lowest BCUT2D eigenvalue weighted by Gasteiger charge is -2.31. The lowest BCUT2D eigenvalue weighted by molar-refractivity contribution is -0.274. The predicted octanol–water partition coefficient (Wildman–Crippen LogP) is 1.79. The van der Waals surface area contributed by atoms with E-state index in [0.29, 0.717) is 25.4 Å². The highest BCUT2D eigenvalue weighted by Crippen LogP contribution is 2.24. The zero-order valence-electron chi connectivity index (χ0n) is 14.0. The summed E-state index contributed by atoms with van der Waals surface area (Å²) in [7, 11) is 1.29. The summed E-state index contributed by atoms with van der Waals surface area (Å²) in [5.41, 5.74) is 0.351. The molecule has 0 aliphatic carbocycles. The van der Waals surface area contributed by atoms with Gasteiger partial charge in [-0.15, -0.1) is 13.2 Å². The first-order valence-corrected chi connectivity index (χ1v) is 7.81. The third-order valence-corrected chi connectivity index (χ3v) is 3.58. The monoisotopic (exact) mass is 376 g/mol. The van der Waals surface area contributed by atoms with E-state index in [1.165, 1.54) is 19.2 Å². The van der Waals surface area contributed by atoms with E-state index in [1.807, 2.05) is 4.90 Å². The van der Waals surface area contributed by atoms with Gasteiger partial charge in [-0.2, -0.15) is 0 Å². The van der Waals surface area contributed by atoms with Crippen molar-refractivity contribution in [3.8, 4) is 5.75 Å². The Hall–Kier alpha value is -2.33. The molecule has 1 heterocycles. The van der Waals surface area contributed by atoms with Crippen molar-refractivity contribution in [2.45, 2.75) is 18.9 Å². The second-order valence-electron chi connectivity index (χ2n) is 5.63. The number of carbonyl (C=O) groups is 2. The lowest BCUT2D eigenvalue weighted by atomic mass is 10.2. The highest BCUT2D eigenvalue weighted by Gasteiger charge is 2.31. The molecular weight excluding hydrogens is 357 g/mol. The summed E-state index contributed by atoms with van der Waals surface area (Å²) >= 11 is 0. The Labute approximate surface area is 148 Å². The number of benzene rings is 1. The van der Waals surface area contributed by atoms with Gasteiger partial charge in [-0.3, -0.25) is 14.5 Å². The zero-order chi connectivity index (χ0) is 19.2. The van der Waals surface area contributed by atoms with Crippen LogP contribution in [0.25, 0.3) is 0 Å². The average molecular weight is 376 g/mol. The average Bonchev–Trinajstić information content (AvgIpc) is 2.55. The summed E-state index contributed by atoms with van der Waals surface area (Å²) in [6.07, 6.45) is -5.00. The molecule has 0 radical (unpaired) electrons. The molecule has 1 aromatic carbocycles. The number of nitrogens with zero attached hydrogens (tertiary/aromatic N) is 1. The number of ether oxygens (including phenoxy) is 3. The molecule has 0 bridgehead atoms. The number of rotatable bonds is 6. The maximum atomic E-state index is 12.1. The number of esters is 1. The van der Waals surface area contributed by atoms with Crippen LogP contribution in [0.4, 0.5) is 18.9 Å². The van der Waals surface area contributed by atoms with Crippen molar-refractivity contribution in [1.29, 1.82) is 0 Å². The molecule has 1 N–H and O–H groups in total. The van der Waals surface area contributed by atoms with Gasteiger partial charge in [0.15, 0.2) is 0 Å². The zero-order valence-corrected chi connectivity index (χ0v) is 14.0. The number of methoxy groups -OCH3 is 1. The number of anilines is 1. The molecule has 2 rings (SSSR count). The summed E-state index contributed by atoms with van der Waals surface area (Å²) in [6.45, 7) is 1.39. The Balaban J connectivity index is 1.81. The topological polar surface area (TPSA) is 77.1 Å². The van der Waals surface area contributed by atoms with Crippen LogP contribution in [0.15, 0.2) is 24.3 Å². The summed E-state index contributed by atoms with van der Waals surface area (Å²) < 4.78 is 50.1. The van der Waals surface area contributed by atoms with Crippen LogP contribution in [0, 0.1) is 0 Å². The number of amides is 1. The summed E-state index contributed by atoms with van der Waals surface area (Å²) in [6, 6.07) is 4.87. The van der Waals surface area contributed by atoms with Gasteiger partial charge < -0.3 is 19.5 Å². The quantitative estimate of drug-likeness (QED) is 0.763. The van der Waals surface area contributed by atoms with E-state index in [1.54, 1.807) is 0 Å². The molecule has 7 nitrogen and oxygen atoms in total. The van der Waals surface area contributed by atoms with Crippen LogP contribution in [0.1, 0.15) is 6.42 Å². The largest absolute Gasteiger partial charge is 0.573 e. The molecule has 26 heavy (non-hydrogen) atoms. The summed E-state index contributed by atoms with van der Waals surface area (Å²) in [5.74, 6) is -1.08. The predicted molar refractivity (Wildman–Crippen MR) is 84.6 cm³/mol. The Morgan fingerprint density at radius 1 is 1.31 bits per heavy atom. The van der Waals surface area contributed by atoms with E-state index in [4.69, 9.17) is 4.74 Å². The van der Waals surface area contributed by atoms with E-state index in [-0.39, 0.29) is 36.7 Å². The number of halogens is 3. The molecule has 0 saturated carbocycles. The molecule has 1 atom stereocenters. The molecule has 144 valence electrons. The minimum Gasteiger partial charge on any atom is -0.469 e. The van der Waals surface area contributed by atoms with Crippen LogP contribution < -0.4 is 10.1 Å². The fourth-order valence-corrected chi connectivity index (χ4v) is 2.46. The third-order valence-electron chi connectivity index (χ3n) is 3.58. The van der Waals surface area contributed by atoms with Crippen LogP contribution in [-0.4, -0.2) is 62.6 Å². The van der Waals surface area contributed by atoms with Gasteiger partial charge in [0.25, 0.3) is 0 Å². The van der Waals surface area contributed by atoms with Crippen LogP contribution >= 0.6 is 0 Å². The summed E-state index contributed by atoms with van der Waals surface area (Å²) in [5, 5.41) is 2.60. The maximum Gasteiger partial charge on any atom is 0.573 e. The van der Waals surface area contributed by atoms with Crippen LogP contribution in [0.3, 0.4) is 0 Å². The number of nitrogens with one attached hydrogen (secondary N) is 1. The van der Waals surface area contributed by atoms with E-state index in [0.717, 1.165) is 12.1 Å². The highest BCUT2D eigenvalue weighted by atomic mass is 19.4. The normalized spacial score (nSPS) is 18.2. The first-order valence-electron chi connectivity index (χ1n) is 7.81. The standard InChI is InChI=1S/C16H19F3N2O5/c1-24-15(23)8-13-9-21(6-7-25-13)10-14(22)20-11-2-4-12(5-3-11)26-16(17,18)19/h2-5,13H,6-10H2,1H3,(H,20,22)/t13-/m1/s1. The van der Waals surface area contributed by atoms with Crippen molar-refractivity contribution in [2.24, 2.45) is 0 Å². The molecular formula is C16H19F3N2O5. The molecule has 1 amide bonds. The Morgan fingerprint density at radius 2 is 2.00 bits per heavy atom. The molecule has 1 fully saturated rings. The Bertz CT molecular complexity index is 621. The summed E-state index contributed by atoms with van der Waals surface area (Å²) in [4.78, 5) is 25.2. The van der Waals surface area contributed by atoms with Crippen molar-refractivity contribution in [3.05, 3.63) is 24.3 Å². The van der Waals surface area contributed by atoms with E-state index >= 15 is 0 Å². The molecule has 1 aliphatic rings. The van der Waals surface area contributed by atoms with Crippen molar-refractivity contribution in [3.63, 3.8) is 0 Å². The third kappa shape index (κ3) is 6.89. The number of morpholine rings is 1. The molecule has 0 unspecified atom stereocenters.